The van der Waals surface area contributed by atoms with Crippen molar-refractivity contribution in [1.82, 2.24) is 4.72 Å². The zero-order chi connectivity index (χ0) is 21.8. The van der Waals surface area contributed by atoms with Crippen LogP contribution in [-0.2, 0) is 21.4 Å². The van der Waals surface area contributed by atoms with Crippen LogP contribution in [0.15, 0.2) is 45.8 Å². The molecule has 0 amide bonds. The molecule has 0 spiro atoms. The number of benzene rings is 2. The van der Waals surface area contributed by atoms with Crippen LogP contribution in [0.25, 0.3) is 0 Å². The van der Waals surface area contributed by atoms with E-state index in [1.54, 1.807) is 46.1 Å². The highest BCUT2D eigenvalue weighted by molar-refractivity contribution is 9.10. The molecule has 0 aliphatic carbocycles. The Balaban J connectivity index is 2.24. The monoisotopic (exact) mass is 485 g/mol. The molecular formula is C20H24BrNO6S. The molecule has 158 valence electrons. The van der Waals surface area contributed by atoms with Gasteiger partial charge in [-0.25, -0.2) is 17.9 Å². The predicted octanol–water partition coefficient (Wildman–Crippen LogP) is 3.90. The summed E-state index contributed by atoms with van der Waals surface area (Å²) in [5.41, 5.74) is 0.164. The van der Waals surface area contributed by atoms with Gasteiger partial charge in [0.05, 0.1) is 24.3 Å². The van der Waals surface area contributed by atoms with Gasteiger partial charge in [0.1, 0.15) is 23.0 Å². The molecule has 0 aliphatic rings. The Morgan fingerprint density at radius 1 is 1.03 bits per heavy atom. The molecule has 0 radical (unpaired) electrons. The summed E-state index contributed by atoms with van der Waals surface area (Å²) in [4.78, 5) is 12.3. The maximum absolute atomic E-state index is 12.7. The lowest BCUT2D eigenvalue weighted by Gasteiger charge is -2.21. The highest BCUT2D eigenvalue weighted by Crippen LogP contribution is 2.28. The number of esters is 1. The summed E-state index contributed by atoms with van der Waals surface area (Å²) in [6, 6.07) is 9.44. The molecule has 0 unspecified atom stereocenters. The largest absolute Gasteiger partial charge is 0.496 e. The van der Waals surface area contributed by atoms with Crippen LogP contribution in [0.2, 0.25) is 0 Å². The van der Waals surface area contributed by atoms with Crippen molar-refractivity contribution in [2.45, 2.75) is 37.8 Å². The molecule has 7 nitrogen and oxygen atoms in total. The van der Waals surface area contributed by atoms with Crippen molar-refractivity contribution < 1.29 is 27.4 Å². The molecule has 0 heterocycles. The molecule has 0 bridgehead atoms. The molecule has 2 aromatic carbocycles. The number of rotatable bonds is 7. The average Bonchev–Trinajstić information content (AvgIpc) is 2.63. The minimum atomic E-state index is -3.90. The standard InChI is InChI=1S/C20H24BrNO6S/c1-20(2,3)22-29(24,25)18-11-14(7-9-17(18)27-5)19(23)28-12-13-6-8-16(26-4)15(21)10-13/h6-11,22H,12H2,1-5H3. The van der Waals surface area contributed by atoms with Crippen molar-refractivity contribution in [2.75, 3.05) is 14.2 Å². The summed E-state index contributed by atoms with van der Waals surface area (Å²) >= 11 is 3.38. The van der Waals surface area contributed by atoms with Crippen molar-refractivity contribution in [2.24, 2.45) is 0 Å². The molecule has 2 aromatic rings. The van der Waals surface area contributed by atoms with Crippen molar-refractivity contribution in [3.63, 3.8) is 0 Å². The van der Waals surface area contributed by atoms with Crippen molar-refractivity contribution in [1.29, 1.82) is 0 Å². The fourth-order valence-corrected chi connectivity index (χ4v) is 4.71. The van der Waals surface area contributed by atoms with Gasteiger partial charge in [-0.15, -0.1) is 0 Å². The van der Waals surface area contributed by atoms with Gasteiger partial charge in [-0.2, -0.15) is 0 Å². The number of carbonyl (C=O) groups is 1. The van der Waals surface area contributed by atoms with Gasteiger partial charge in [-0.05, 0) is 72.6 Å². The van der Waals surface area contributed by atoms with Gasteiger partial charge < -0.3 is 14.2 Å². The van der Waals surface area contributed by atoms with E-state index in [0.29, 0.717) is 5.75 Å². The second-order valence-electron chi connectivity index (χ2n) is 7.27. The van der Waals surface area contributed by atoms with Gasteiger partial charge in [-0.1, -0.05) is 6.07 Å². The van der Waals surface area contributed by atoms with Gasteiger partial charge in [0.2, 0.25) is 10.0 Å². The Hall–Kier alpha value is -2.10. The minimum Gasteiger partial charge on any atom is -0.496 e. The van der Waals surface area contributed by atoms with Gasteiger partial charge in [-0.3, -0.25) is 0 Å². The SMILES string of the molecule is COc1ccc(COC(=O)c2ccc(OC)c(S(=O)(=O)NC(C)(C)C)c2)cc1Br. The predicted molar refractivity (Wildman–Crippen MR) is 113 cm³/mol. The number of sulfonamides is 1. The molecule has 0 aliphatic heterocycles. The molecule has 0 fully saturated rings. The van der Waals surface area contributed by atoms with Gasteiger partial charge in [0.15, 0.2) is 0 Å². The van der Waals surface area contributed by atoms with E-state index in [9.17, 15) is 13.2 Å². The molecule has 0 atom stereocenters. The maximum Gasteiger partial charge on any atom is 0.338 e. The number of nitrogens with one attached hydrogen (secondary N) is 1. The van der Waals surface area contributed by atoms with Crippen LogP contribution in [0.5, 0.6) is 11.5 Å². The van der Waals surface area contributed by atoms with Crippen LogP contribution in [0.4, 0.5) is 0 Å². The summed E-state index contributed by atoms with van der Waals surface area (Å²) in [5.74, 6) is 0.153. The quantitative estimate of drug-likeness (QED) is 0.597. The van der Waals surface area contributed by atoms with Crippen LogP contribution >= 0.6 is 15.9 Å². The number of carbonyl (C=O) groups excluding carboxylic acids is 1. The van der Waals surface area contributed by atoms with Crippen LogP contribution in [0, 0.1) is 0 Å². The molecule has 0 saturated carbocycles. The van der Waals surface area contributed by atoms with E-state index in [0.717, 1.165) is 10.0 Å². The third kappa shape index (κ3) is 6.19. The smallest absolute Gasteiger partial charge is 0.338 e. The number of hydrogen-bond donors (Lipinski definition) is 1. The normalized spacial score (nSPS) is 11.8. The van der Waals surface area contributed by atoms with E-state index in [1.807, 2.05) is 0 Å². The summed E-state index contributed by atoms with van der Waals surface area (Å²) < 4.78 is 44.4. The summed E-state index contributed by atoms with van der Waals surface area (Å²) in [5, 5.41) is 0. The second kappa shape index (κ2) is 9.15. The third-order valence-corrected chi connectivity index (χ3v) is 6.11. The van der Waals surface area contributed by atoms with Crippen LogP contribution in [-0.4, -0.2) is 34.1 Å². The lowest BCUT2D eigenvalue weighted by Crippen LogP contribution is -2.40. The Kier molecular flexibility index (Phi) is 7.31. The molecular weight excluding hydrogens is 462 g/mol. The average molecular weight is 486 g/mol. The lowest BCUT2D eigenvalue weighted by molar-refractivity contribution is 0.0472. The first kappa shape index (κ1) is 23.2. The van der Waals surface area contributed by atoms with Crippen LogP contribution < -0.4 is 14.2 Å². The zero-order valence-electron chi connectivity index (χ0n) is 16.9. The number of methoxy groups -OCH3 is 2. The van der Waals surface area contributed by atoms with Crippen molar-refractivity contribution in [3.8, 4) is 11.5 Å². The Labute approximate surface area is 179 Å². The fraction of sp³-hybridized carbons (Fsp3) is 0.350. The van der Waals surface area contributed by atoms with Gasteiger partial charge in [0, 0.05) is 5.54 Å². The Morgan fingerprint density at radius 3 is 2.21 bits per heavy atom. The first-order chi connectivity index (χ1) is 13.5. The van der Waals surface area contributed by atoms with E-state index >= 15 is 0 Å². The van der Waals surface area contributed by atoms with E-state index < -0.39 is 21.5 Å². The van der Waals surface area contributed by atoms with Crippen molar-refractivity contribution in [3.05, 3.63) is 52.0 Å². The topological polar surface area (TPSA) is 90.9 Å². The van der Waals surface area contributed by atoms with Gasteiger partial charge >= 0.3 is 5.97 Å². The van der Waals surface area contributed by atoms with Crippen LogP contribution in [0.3, 0.4) is 0 Å². The Morgan fingerprint density at radius 2 is 1.66 bits per heavy atom. The van der Waals surface area contributed by atoms with E-state index in [4.69, 9.17) is 14.2 Å². The van der Waals surface area contributed by atoms with E-state index in [1.165, 1.54) is 25.3 Å². The molecule has 0 aromatic heterocycles. The van der Waals surface area contributed by atoms with Crippen molar-refractivity contribution >= 4 is 31.9 Å². The lowest BCUT2D eigenvalue weighted by atomic mass is 10.1. The highest BCUT2D eigenvalue weighted by atomic mass is 79.9. The number of hydrogen-bond acceptors (Lipinski definition) is 6. The summed E-state index contributed by atoms with van der Waals surface area (Å²) in [7, 11) is -0.975. The highest BCUT2D eigenvalue weighted by Gasteiger charge is 2.26. The molecule has 1 N–H and O–H groups in total. The first-order valence-electron chi connectivity index (χ1n) is 8.68. The number of halogens is 1. The molecule has 2 rings (SSSR count). The summed E-state index contributed by atoms with van der Waals surface area (Å²) in [6.07, 6.45) is 0. The second-order valence-corrected chi connectivity index (χ2v) is 9.77. The number of ether oxygens (including phenoxy) is 3. The Bertz CT molecular complexity index is 999. The fourth-order valence-electron chi connectivity index (χ4n) is 2.50. The first-order valence-corrected chi connectivity index (χ1v) is 11.0. The third-order valence-electron chi connectivity index (χ3n) is 3.72. The van der Waals surface area contributed by atoms with E-state index in [-0.39, 0.29) is 22.8 Å². The maximum atomic E-state index is 12.7. The zero-order valence-corrected chi connectivity index (χ0v) is 19.3. The summed E-state index contributed by atoms with van der Waals surface area (Å²) in [6.45, 7) is 5.20. The molecule has 29 heavy (non-hydrogen) atoms. The minimum absolute atomic E-state index is 0.0236. The van der Waals surface area contributed by atoms with Gasteiger partial charge in [0.25, 0.3) is 0 Å². The van der Waals surface area contributed by atoms with E-state index in [2.05, 4.69) is 20.7 Å². The van der Waals surface area contributed by atoms with Crippen LogP contribution in [0.1, 0.15) is 36.7 Å². The molecule has 0 saturated heterocycles. The molecule has 9 heteroatoms.